The Balaban J connectivity index is 2.22. The third kappa shape index (κ3) is 2.37. The normalized spacial score (nSPS) is 12.0. The molecular formula is C15H12F3N3. The van der Waals surface area contributed by atoms with Gasteiger partial charge in [0, 0.05) is 17.8 Å². The van der Waals surface area contributed by atoms with E-state index >= 15 is 0 Å². The second-order valence-corrected chi connectivity index (χ2v) is 4.95. The molecule has 3 nitrogen and oxygen atoms in total. The number of hydrogen-bond donors (Lipinski definition) is 0. The lowest BCUT2D eigenvalue weighted by Crippen LogP contribution is -2.12. The van der Waals surface area contributed by atoms with E-state index < -0.39 is 11.9 Å². The molecule has 3 rings (SSSR count). The van der Waals surface area contributed by atoms with Gasteiger partial charge in [-0.1, -0.05) is 23.8 Å². The highest BCUT2D eigenvalue weighted by molar-refractivity contribution is 5.67. The molecule has 0 amide bonds. The van der Waals surface area contributed by atoms with Crippen molar-refractivity contribution in [1.29, 1.82) is 0 Å². The second kappa shape index (κ2) is 4.58. The molecule has 0 aliphatic carbocycles. The van der Waals surface area contributed by atoms with Gasteiger partial charge in [0.2, 0.25) is 0 Å². The average Bonchev–Trinajstić information content (AvgIpc) is 2.80. The van der Waals surface area contributed by atoms with Gasteiger partial charge in [0.05, 0.1) is 5.69 Å². The number of aromatic nitrogens is 3. The minimum absolute atomic E-state index is 0.180. The molecule has 0 spiro atoms. The van der Waals surface area contributed by atoms with Crippen LogP contribution in [0.1, 0.15) is 16.8 Å². The molecule has 0 fully saturated rings. The van der Waals surface area contributed by atoms with Crippen molar-refractivity contribution in [2.75, 3.05) is 0 Å². The fraction of sp³-hybridized carbons (Fsp3) is 0.200. The summed E-state index contributed by atoms with van der Waals surface area (Å²) in [4.78, 5) is 3.95. The van der Waals surface area contributed by atoms with Gasteiger partial charge in [-0.15, -0.1) is 0 Å². The van der Waals surface area contributed by atoms with E-state index in [1.165, 1.54) is 0 Å². The zero-order valence-corrected chi connectivity index (χ0v) is 11.4. The fourth-order valence-corrected chi connectivity index (χ4v) is 2.34. The van der Waals surface area contributed by atoms with E-state index in [1.54, 1.807) is 6.07 Å². The first-order valence-electron chi connectivity index (χ1n) is 6.36. The standard InChI is InChI=1S/C15H12F3N3/c1-9-3-4-11(10(2)7-9)12-8-14-19-6-5-13(15(16,17)18)21(14)20-12/h3-8H,1-2H3. The van der Waals surface area contributed by atoms with Crippen LogP contribution in [0.25, 0.3) is 16.9 Å². The van der Waals surface area contributed by atoms with Crippen LogP contribution in [0.5, 0.6) is 0 Å². The molecule has 0 aliphatic heterocycles. The summed E-state index contributed by atoms with van der Waals surface area (Å²) in [5.41, 5.74) is 2.69. The van der Waals surface area contributed by atoms with Gasteiger partial charge in [0.15, 0.2) is 5.65 Å². The summed E-state index contributed by atoms with van der Waals surface area (Å²) in [6.45, 7) is 3.87. The molecule has 1 aromatic carbocycles. The lowest BCUT2D eigenvalue weighted by molar-refractivity contribution is -0.142. The van der Waals surface area contributed by atoms with E-state index in [4.69, 9.17) is 0 Å². The van der Waals surface area contributed by atoms with Crippen LogP contribution in [0.15, 0.2) is 36.5 Å². The van der Waals surface area contributed by atoms with E-state index in [0.29, 0.717) is 5.69 Å². The van der Waals surface area contributed by atoms with Crippen molar-refractivity contribution in [3.05, 3.63) is 53.3 Å². The molecule has 0 bridgehead atoms. The molecule has 2 heterocycles. The van der Waals surface area contributed by atoms with Gasteiger partial charge < -0.3 is 0 Å². The van der Waals surface area contributed by atoms with E-state index in [0.717, 1.165) is 33.5 Å². The largest absolute Gasteiger partial charge is 0.433 e. The van der Waals surface area contributed by atoms with Gasteiger partial charge in [-0.05, 0) is 25.5 Å². The summed E-state index contributed by atoms with van der Waals surface area (Å²) in [6, 6.07) is 8.22. The fourth-order valence-electron chi connectivity index (χ4n) is 2.34. The highest BCUT2D eigenvalue weighted by Gasteiger charge is 2.34. The smallest absolute Gasteiger partial charge is 0.237 e. The minimum atomic E-state index is -4.47. The zero-order valence-electron chi connectivity index (χ0n) is 11.4. The Bertz CT molecular complexity index is 819. The van der Waals surface area contributed by atoms with E-state index in [2.05, 4.69) is 10.1 Å². The molecule has 0 saturated heterocycles. The lowest BCUT2D eigenvalue weighted by atomic mass is 10.0. The maximum Gasteiger partial charge on any atom is 0.433 e. The van der Waals surface area contributed by atoms with Crippen LogP contribution in [-0.2, 0) is 6.18 Å². The third-order valence-electron chi connectivity index (χ3n) is 3.31. The quantitative estimate of drug-likeness (QED) is 0.677. The van der Waals surface area contributed by atoms with Crippen LogP contribution < -0.4 is 0 Å². The predicted octanol–water partition coefficient (Wildman–Crippen LogP) is 4.03. The SMILES string of the molecule is Cc1ccc(-c2cc3nccc(C(F)(F)F)n3n2)c(C)c1. The Labute approximate surface area is 119 Å². The number of hydrogen-bond acceptors (Lipinski definition) is 2. The molecule has 108 valence electrons. The van der Waals surface area contributed by atoms with Gasteiger partial charge >= 0.3 is 6.18 Å². The molecule has 0 aliphatic rings. The summed E-state index contributed by atoms with van der Waals surface area (Å²) in [6.07, 6.45) is -3.32. The van der Waals surface area contributed by atoms with Gasteiger partial charge in [-0.3, -0.25) is 0 Å². The number of fused-ring (bicyclic) bond motifs is 1. The third-order valence-corrected chi connectivity index (χ3v) is 3.31. The molecule has 3 aromatic rings. The van der Waals surface area contributed by atoms with E-state index in [9.17, 15) is 13.2 Å². The van der Waals surface area contributed by atoms with Gasteiger partial charge in [0.25, 0.3) is 0 Å². The van der Waals surface area contributed by atoms with Crippen molar-refractivity contribution in [3.8, 4) is 11.3 Å². The highest BCUT2D eigenvalue weighted by Crippen LogP contribution is 2.30. The lowest BCUT2D eigenvalue weighted by Gasteiger charge is -2.07. The Hall–Kier alpha value is -2.37. The number of aryl methyl sites for hydroxylation is 2. The van der Waals surface area contributed by atoms with Gasteiger partial charge in [0.1, 0.15) is 5.69 Å². The van der Waals surface area contributed by atoms with Crippen LogP contribution in [0.4, 0.5) is 13.2 Å². The van der Waals surface area contributed by atoms with Gasteiger partial charge in [-0.2, -0.15) is 18.3 Å². The first-order chi connectivity index (χ1) is 9.86. The maximum absolute atomic E-state index is 13.0. The summed E-state index contributed by atoms with van der Waals surface area (Å²) in [5.74, 6) is 0. The molecule has 0 unspecified atom stereocenters. The average molecular weight is 291 g/mol. The molecule has 0 atom stereocenters. The van der Waals surface area contributed by atoms with Crippen LogP contribution in [0.3, 0.4) is 0 Å². The molecule has 0 radical (unpaired) electrons. The van der Waals surface area contributed by atoms with Crippen molar-refractivity contribution in [1.82, 2.24) is 14.6 Å². The minimum Gasteiger partial charge on any atom is -0.237 e. The Morgan fingerprint density at radius 1 is 1.05 bits per heavy atom. The Morgan fingerprint density at radius 2 is 1.81 bits per heavy atom. The first kappa shape index (κ1) is 13.6. The number of nitrogens with zero attached hydrogens (tertiary/aromatic N) is 3. The highest BCUT2D eigenvalue weighted by atomic mass is 19.4. The van der Waals surface area contributed by atoms with Crippen molar-refractivity contribution >= 4 is 5.65 Å². The number of alkyl halides is 3. The Kier molecular flexibility index (Phi) is 2.97. The number of benzene rings is 1. The first-order valence-corrected chi connectivity index (χ1v) is 6.36. The summed E-state index contributed by atoms with van der Waals surface area (Å²) < 4.78 is 39.8. The summed E-state index contributed by atoms with van der Waals surface area (Å²) >= 11 is 0. The molecule has 21 heavy (non-hydrogen) atoms. The van der Waals surface area contributed by atoms with Crippen molar-refractivity contribution in [2.24, 2.45) is 0 Å². The van der Waals surface area contributed by atoms with Gasteiger partial charge in [-0.25, -0.2) is 9.50 Å². The summed E-state index contributed by atoms with van der Waals surface area (Å²) in [7, 11) is 0. The van der Waals surface area contributed by atoms with E-state index in [-0.39, 0.29) is 5.65 Å². The van der Waals surface area contributed by atoms with Crippen LogP contribution in [0, 0.1) is 13.8 Å². The van der Waals surface area contributed by atoms with Crippen LogP contribution >= 0.6 is 0 Å². The monoisotopic (exact) mass is 291 g/mol. The second-order valence-electron chi connectivity index (χ2n) is 4.95. The molecule has 0 saturated carbocycles. The molecular weight excluding hydrogens is 279 g/mol. The van der Waals surface area contributed by atoms with Crippen LogP contribution in [0.2, 0.25) is 0 Å². The maximum atomic E-state index is 13.0. The Morgan fingerprint density at radius 3 is 2.48 bits per heavy atom. The number of halogens is 3. The number of rotatable bonds is 1. The van der Waals surface area contributed by atoms with Crippen molar-refractivity contribution in [3.63, 3.8) is 0 Å². The molecule has 6 heteroatoms. The van der Waals surface area contributed by atoms with Crippen LogP contribution in [-0.4, -0.2) is 14.6 Å². The summed E-state index contributed by atoms with van der Waals surface area (Å²) in [5, 5.41) is 4.07. The van der Waals surface area contributed by atoms with E-state index in [1.807, 2.05) is 32.0 Å². The topological polar surface area (TPSA) is 30.2 Å². The predicted molar refractivity (Wildman–Crippen MR) is 72.9 cm³/mol. The molecule has 2 aromatic heterocycles. The van der Waals surface area contributed by atoms with Crippen molar-refractivity contribution in [2.45, 2.75) is 20.0 Å². The van der Waals surface area contributed by atoms with Crippen molar-refractivity contribution < 1.29 is 13.2 Å². The zero-order chi connectivity index (χ0) is 15.2. The molecule has 0 N–H and O–H groups in total.